The van der Waals surface area contributed by atoms with E-state index in [9.17, 15) is 24.4 Å². The van der Waals surface area contributed by atoms with Crippen molar-refractivity contribution in [2.24, 2.45) is 0 Å². The summed E-state index contributed by atoms with van der Waals surface area (Å²) in [6.07, 6.45) is 0.841. The third-order valence-corrected chi connectivity index (χ3v) is 6.14. The van der Waals surface area contributed by atoms with Crippen molar-refractivity contribution in [1.82, 2.24) is 4.98 Å². The number of rotatable bonds is 10. The Hall–Kier alpha value is -4.82. The highest BCUT2D eigenvalue weighted by molar-refractivity contribution is 5.94. The largest absolute Gasteiger partial charge is 0.383 e. The summed E-state index contributed by atoms with van der Waals surface area (Å²) >= 11 is 0. The number of aromatic nitrogens is 1. The lowest BCUT2D eigenvalue weighted by Crippen LogP contribution is -2.28. The molecule has 0 atom stereocenters. The Bertz CT molecular complexity index is 1840. The van der Waals surface area contributed by atoms with E-state index in [0.717, 1.165) is 18.6 Å². The Balaban J connectivity index is 1.86. The van der Waals surface area contributed by atoms with E-state index in [-0.39, 0.29) is 16.5 Å². The number of benzene rings is 1. The number of pyridine rings is 1. The molecule has 0 bridgehead atoms. The Kier molecular flexibility index (Phi) is 7.64. The number of methoxy groups -OCH3 is 1. The van der Waals surface area contributed by atoms with Crippen molar-refractivity contribution in [3.63, 3.8) is 0 Å². The van der Waals surface area contributed by atoms with E-state index in [2.05, 4.69) is 32.5 Å². The zero-order chi connectivity index (χ0) is 27.4. The maximum Gasteiger partial charge on any atom is 0.200 e. The van der Waals surface area contributed by atoms with Gasteiger partial charge in [0.25, 0.3) is 0 Å². The van der Waals surface area contributed by atoms with Crippen molar-refractivity contribution in [3.05, 3.63) is 92.8 Å². The van der Waals surface area contributed by atoms with Gasteiger partial charge in [0.2, 0.25) is 5.43 Å². The van der Waals surface area contributed by atoms with E-state index in [0.29, 0.717) is 48.1 Å². The molecule has 2 aliphatic rings. The minimum atomic E-state index is -0.715. The molecule has 0 unspecified atom stereocenters. The molecular formula is C27H26N6O5. The number of hydrogen-bond acceptors (Lipinski definition) is 11. The van der Waals surface area contributed by atoms with Crippen LogP contribution in [0.3, 0.4) is 0 Å². The zero-order valence-electron chi connectivity index (χ0n) is 21.2. The van der Waals surface area contributed by atoms with Crippen molar-refractivity contribution in [2.75, 3.05) is 48.3 Å². The van der Waals surface area contributed by atoms with Crippen LogP contribution in [0.25, 0.3) is 10.8 Å². The van der Waals surface area contributed by atoms with Crippen LogP contribution in [0.5, 0.6) is 0 Å². The summed E-state index contributed by atoms with van der Waals surface area (Å²) in [5.74, 6) is 0.864. The average Bonchev–Trinajstić information content (AvgIpc) is 2.91. The Morgan fingerprint density at radius 3 is 2.26 bits per heavy atom. The van der Waals surface area contributed by atoms with E-state index in [1.807, 2.05) is 6.92 Å². The first-order valence-corrected chi connectivity index (χ1v) is 12.0. The van der Waals surface area contributed by atoms with Crippen LogP contribution in [0, 0.1) is 28.7 Å². The Morgan fingerprint density at radius 1 is 0.921 bits per heavy atom. The smallest absolute Gasteiger partial charge is 0.200 e. The fraction of sp³-hybridized carbons (Fsp3) is 0.259. The lowest BCUT2D eigenvalue weighted by molar-refractivity contribution is 0.210. The number of nitrogens with zero attached hydrogens (tertiary/aromatic N) is 2. The van der Waals surface area contributed by atoms with Gasteiger partial charge in [-0.15, -0.1) is 0 Å². The van der Waals surface area contributed by atoms with E-state index >= 15 is 0 Å². The van der Waals surface area contributed by atoms with E-state index in [1.165, 1.54) is 6.07 Å². The van der Waals surface area contributed by atoms with Crippen LogP contribution < -0.4 is 43.2 Å². The van der Waals surface area contributed by atoms with Gasteiger partial charge in [-0.3, -0.25) is 30.0 Å². The molecule has 38 heavy (non-hydrogen) atoms. The predicted octanol–water partition coefficient (Wildman–Crippen LogP) is 1.78. The number of anilines is 4. The van der Waals surface area contributed by atoms with Crippen molar-refractivity contribution >= 4 is 33.8 Å². The van der Waals surface area contributed by atoms with Gasteiger partial charge in [-0.25, -0.2) is 4.98 Å². The summed E-state index contributed by atoms with van der Waals surface area (Å²) in [4.78, 5) is 55.8. The maximum atomic E-state index is 13.4. The van der Waals surface area contributed by atoms with Crippen LogP contribution in [-0.2, 0) is 4.74 Å². The molecule has 1 heterocycles. The summed E-state index contributed by atoms with van der Waals surface area (Å²) in [6.45, 7) is 5.23. The second-order valence-corrected chi connectivity index (χ2v) is 8.59. The maximum absolute atomic E-state index is 13.4. The van der Waals surface area contributed by atoms with Crippen LogP contribution in [-0.4, -0.2) is 31.8 Å². The van der Waals surface area contributed by atoms with Gasteiger partial charge in [-0.2, -0.15) is 5.26 Å². The highest BCUT2D eigenvalue weighted by Gasteiger charge is 2.19. The fourth-order valence-corrected chi connectivity index (χ4v) is 4.26. The minimum Gasteiger partial charge on any atom is -0.383 e. The van der Waals surface area contributed by atoms with Crippen LogP contribution >= 0.6 is 0 Å². The quantitative estimate of drug-likeness (QED) is 0.180. The van der Waals surface area contributed by atoms with Gasteiger partial charge in [-0.05, 0) is 37.1 Å². The first-order chi connectivity index (χ1) is 18.3. The molecule has 1 aromatic carbocycles. The SMILES string of the molecule is CCCNc1nc(NCCOC)c(NNc2cccc3c(=O)c4c(=O)ccc(=O)c=4c(=O)c23)c(C)c1C#N. The number of fused-ring (bicyclic) bond motifs is 1. The normalized spacial score (nSPS) is 10.9. The molecule has 11 heteroatoms. The number of hydrazine groups is 1. The second kappa shape index (κ2) is 11.1. The van der Waals surface area contributed by atoms with Gasteiger partial charge in [0.1, 0.15) is 17.6 Å². The lowest BCUT2D eigenvalue weighted by atomic mass is 10.0. The van der Waals surface area contributed by atoms with Crippen LogP contribution in [0.2, 0.25) is 0 Å². The average molecular weight is 515 g/mol. The summed E-state index contributed by atoms with van der Waals surface area (Å²) in [7, 11) is 1.58. The molecule has 0 amide bonds. The molecule has 4 N–H and O–H groups in total. The number of ether oxygens (including phenoxy) is 1. The number of nitrogens with one attached hydrogen (secondary N) is 4. The molecule has 0 spiro atoms. The van der Waals surface area contributed by atoms with E-state index in [4.69, 9.17) is 4.74 Å². The highest BCUT2D eigenvalue weighted by atomic mass is 16.5. The second-order valence-electron chi connectivity index (χ2n) is 8.59. The minimum absolute atomic E-state index is 0.0158. The number of hydrogen-bond donors (Lipinski definition) is 4. The molecule has 0 saturated heterocycles. The summed E-state index contributed by atoms with van der Waals surface area (Å²) in [6, 6.07) is 8.74. The van der Waals surface area contributed by atoms with Gasteiger partial charge in [0.05, 0.1) is 33.7 Å². The molecule has 1 aromatic heterocycles. The molecule has 2 aliphatic carbocycles. The topological polar surface area (TPSA) is 162 Å². The lowest BCUT2D eigenvalue weighted by Gasteiger charge is -2.20. The Labute approximate surface area is 216 Å². The molecule has 0 saturated carbocycles. The Morgan fingerprint density at radius 2 is 1.61 bits per heavy atom. The molecule has 2 aromatic rings. The summed E-state index contributed by atoms with van der Waals surface area (Å²) < 4.78 is 5.12. The first kappa shape index (κ1) is 26.2. The number of nitriles is 1. The van der Waals surface area contributed by atoms with Crippen LogP contribution in [0.15, 0.2) is 49.5 Å². The van der Waals surface area contributed by atoms with E-state index in [1.54, 1.807) is 26.2 Å². The highest BCUT2D eigenvalue weighted by Crippen LogP contribution is 2.31. The molecule has 0 aliphatic heterocycles. The molecule has 0 fully saturated rings. The predicted molar refractivity (Wildman–Crippen MR) is 147 cm³/mol. The molecule has 4 rings (SSSR count). The fourth-order valence-electron chi connectivity index (χ4n) is 4.26. The van der Waals surface area contributed by atoms with Gasteiger partial charge >= 0.3 is 0 Å². The summed E-state index contributed by atoms with van der Waals surface area (Å²) in [5.41, 5.74) is 4.80. The van der Waals surface area contributed by atoms with Gasteiger partial charge in [-0.1, -0.05) is 19.1 Å². The van der Waals surface area contributed by atoms with E-state index < -0.39 is 32.2 Å². The van der Waals surface area contributed by atoms with Gasteiger partial charge in [0, 0.05) is 25.6 Å². The first-order valence-electron chi connectivity index (χ1n) is 12.0. The standard InChI is InChI=1S/C27H26N6O5/c1-4-10-29-26-16(13-28)14(2)23(27(31-26)30-11-12-38-3)33-32-17-7-5-6-15-20(17)25(37)22-19(35)9-8-18(34)21(22)24(15)36/h5-9,32-33H,4,10-12H2,1-3H3,(H2,29,30,31). The van der Waals surface area contributed by atoms with Crippen LogP contribution in [0.4, 0.5) is 23.0 Å². The van der Waals surface area contributed by atoms with Crippen molar-refractivity contribution in [1.29, 1.82) is 5.26 Å². The van der Waals surface area contributed by atoms with Crippen LogP contribution in [0.1, 0.15) is 24.5 Å². The third kappa shape index (κ3) is 4.65. The summed E-state index contributed by atoms with van der Waals surface area (Å²) in [5, 5.41) is 15.3. The van der Waals surface area contributed by atoms with Crippen molar-refractivity contribution < 1.29 is 4.74 Å². The van der Waals surface area contributed by atoms with Gasteiger partial charge in [0.15, 0.2) is 22.1 Å². The van der Waals surface area contributed by atoms with Gasteiger partial charge < -0.3 is 15.4 Å². The zero-order valence-corrected chi connectivity index (χ0v) is 21.2. The molecular weight excluding hydrogens is 488 g/mol. The van der Waals surface area contributed by atoms with Crippen molar-refractivity contribution in [3.8, 4) is 6.07 Å². The molecule has 194 valence electrons. The van der Waals surface area contributed by atoms with Crippen molar-refractivity contribution in [2.45, 2.75) is 20.3 Å². The third-order valence-electron chi connectivity index (χ3n) is 6.14. The molecule has 11 nitrogen and oxygen atoms in total. The monoisotopic (exact) mass is 514 g/mol. The molecule has 0 radical (unpaired) electrons.